The molecule has 0 spiro atoms. The molecule has 0 fully saturated rings. The van der Waals surface area contributed by atoms with Crippen LogP contribution in [0.2, 0.25) is 0 Å². The fourth-order valence-electron chi connectivity index (χ4n) is 1.63. The number of halogens is 4. The molecule has 2 heterocycles. The van der Waals surface area contributed by atoms with Gasteiger partial charge in [-0.1, -0.05) is 11.8 Å². The fraction of sp³-hybridized carbons (Fsp3) is 0.0833. The normalized spacial score (nSPS) is 12.0. The van der Waals surface area contributed by atoms with Gasteiger partial charge in [-0.2, -0.15) is 22.8 Å². The monoisotopic (exact) mass is 314 g/mol. The van der Waals surface area contributed by atoms with Gasteiger partial charge in [0.1, 0.15) is 10.8 Å². The zero-order valence-corrected chi connectivity index (χ0v) is 11.0. The van der Waals surface area contributed by atoms with Gasteiger partial charge in [-0.25, -0.2) is 4.39 Å². The Morgan fingerprint density at radius 1 is 0.952 bits per heavy atom. The minimum Gasteiger partial charge on any atom is -0.207 e. The summed E-state index contributed by atoms with van der Waals surface area (Å²) < 4.78 is 51.7. The Bertz CT molecular complexity index is 782. The molecule has 0 saturated heterocycles. The molecule has 0 radical (unpaired) electrons. The van der Waals surface area contributed by atoms with Crippen molar-refractivity contribution in [2.75, 3.05) is 0 Å². The minimum absolute atomic E-state index is 0.00535. The molecule has 0 N–H and O–H groups in total. The maximum absolute atomic E-state index is 12.8. The number of hydrogen-bond donors (Lipinski definition) is 0. The first-order chi connectivity index (χ1) is 9.93. The van der Waals surface area contributed by atoms with Crippen molar-refractivity contribution in [3.05, 3.63) is 48.0 Å². The molecular weight excluding hydrogens is 308 g/mol. The van der Waals surface area contributed by atoms with Crippen LogP contribution in [0.1, 0.15) is 5.82 Å². The van der Waals surface area contributed by atoms with E-state index in [1.54, 1.807) is 0 Å². The van der Waals surface area contributed by atoms with E-state index in [0.29, 0.717) is 14.4 Å². The molecule has 0 saturated carbocycles. The first-order valence-electron chi connectivity index (χ1n) is 5.66. The molecule has 9 heteroatoms. The van der Waals surface area contributed by atoms with Crippen LogP contribution in [0.15, 0.2) is 46.3 Å². The van der Waals surface area contributed by atoms with Gasteiger partial charge in [-0.05, 0) is 36.4 Å². The highest BCUT2D eigenvalue weighted by Crippen LogP contribution is 2.29. The highest BCUT2D eigenvalue weighted by molar-refractivity contribution is 7.99. The van der Waals surface area contributed by atoms with Gasteiger partial charge >= 0.3 is 6.18 Å². The van der Waals surface area contributed by atoms with E-state index >= 15 is 0 Å². The standard InChI is InChI=1S/C12H6F4N4S/c13-7-1-3-8(4-2-7)21-10-6-5-9-17-18-11(12(14,15)16)20(9)19-10/h1-6H. The van der Waals surface area contributed by atoms with E-state index in [0.717, 1.165) is 11.8 Å². The summed E-state index contributed by atoms with van der Waals surface area (Å²) in [6.07, 6.45) is -4.63. The Kier molecular flexibility index (Phi) is 3.28. The average molecular weight is 314 g/mol. The Balaban J connectivity index is 1.98. The lowest BCUT2D eigenvalue weighted by Gasteiger charge is -2.05. The SMILES string of the molecule is Fc1ccc(Sc2ccc3nnc(C(F)(F)F)n3n2)cc1. The summed E-state index contributed by atoms with van der Waals surface area (Å²) in [5.74, 6) is -1.57. The van der Waals surface area contributed by atoms with Crippen LogP contribution >= 0.6 is 11.8 Å². The summed E-state index contributed by atoms with van der Waals surface area (Å²) in [5, 5.41) is 10.7. The molecule has 3 aromatic rings. The van der Waals surface area contributed by atoms with Crippen LogP contribution in [0.3, 0.4) is 0 Å². The zero-order chi connectivity index (χ0) is 15.0. The number of fused-ring (bicyclic) bond motifs is 1. The number of hydrogen-bond acceptors (Lipinski definition) is 4. The highest BCUT2D eigenvalue weighted by atomic mass is 32.2. The second-order valence-corrected chi connectivity index (χ2v) is 5.11. The van der Waals surface area contributed by atoms with Crippen molar-refractivity contribution in [1.29, 1.82) is 0 Å². The fourth-order valence-corrected chi connectivity index (χ4v) is 2.40. The van der Waals surface area contributed by atoms with Gasteiger partial charge in [0.2, 0.25) is 0 Å². The van der Waals surface area contributed by atoms with E-state index in [1.165, 1.54) is 36.4 Å². The average Bonchev–Trinajstić information content (AvgIpc) is 2.84. The summed E-state index contributed by atoms with van der Waals surface area (Å²) in [7, 11) is 0. The maximum atomic E-state index is 12.8. The largest absolute Gasteiger partial charge is 0.453 e. The molecule has 0 amide bonds. The van der Waals surface area contributed by atoms with Gasteiger partial charge < -0.3 is 0 Å². The van der Waals surface area contributed by atoms with Gasteiger partial charge in [-0.3, -0.25) is 0 Å². The number of benzene rings is 1. The third kappa shape index (κ3) is 2.82. The molecule has 4 nitrogen and oxygen atoms in total. The molecule has 0 aliphatic carbocycles. The molecule has 2 aromatic heterocycles. The van der Waals surface area contributed by atoms with Gasteiger partial charge in [0.15, 0.2) is 5.65 Å². The summed E-state index contributed by atoms with van der Waals surface area (Å²) in [6.45, 7) is 0. The Morgan fingerprint density at radius 2 is 1.67 bits per heavy atom. The summed E-state index contributed by atoms with van der Waals surface area (Å²) in [6, 6.07) is 8.48. The first kappa shape index (κ1) is 13.8. The van der Waals surface area contributed by atoms with E-state index in [9.17, 15) is 17.6 Å². The number of nitrogens with zero attached hydrogens (tertiary/aromatic N) is 4. The first-order valence-corrected chi connectivity index (χ1v) is 6.48. The van der Waals surface area contributed by atoms with Gasteiger partial charge in [0.05, 0.1) is 0 Å². The lowest BCUT2D eigenvalue weighted by Crippen LogP contribution is -2.12. The van der Waals surface area contributed by atoms with E-state index in [1.807, 2.05) is 0 Å². The zero-order valence-electron chi connectivity index (χ0n) is 10.2. The second kappa shape index (κ2) is 4.99. The summed E-state index contributed by atoms with van der Waals surface area (Å²) in [5.41, 5.74) is 0.00535. The lowest BCUT2D eigenvalue weighted by atomic mass is 10.4. The molecule has 0 atom stereocenters. The van der Waals surface area contributed by atoms with E-state index < -0.39 is 12.0 Å². The lowest BCUT2D eigenvalue weighted by molar-refractivity contribution is -0.146. The number of rotatable bonds is 2. The number of aromatic nitrogens is 4. The van der Waals surface area contributed by atoms with E-state index in [-0.39, 0.29) is 11.5 Å². The molecule has 1 aromatic carbocycles. The predicted molar refractivity (Wildman–Crippen MR) is 66.3 cm³/mol. The van der Waals surface area contributed by atoms with Crippen LogP contribution in [0.5, 0.6) is 0 Å². The topological polar surface area (TPSA) is 43.1 Å². The molecule has 0 unspecified atom stereocenters. The maximum Gasteiger partial charge on any atom is 0.453 e. The predicted octanol–water partition coefficient (Wildman–Crippen LogP) is 3.43. The van der Waals surface area contributed by atoms with E-state index in [4.69, 9.17) is 0 Å². The van der Waals surface area contributed by atoms with Crippen LogP contribution in [0.4, 0.5) is 17.6 Å². The molecule has 21 heavy (non-hydrogen) atoms. The quantitative estimate of drug-likeness (QED) is 0.680. The van der Waals surface area contributed by atoms with Gasteiger partial charge in [-0.15, -0.1) is 10.2 Å². The van der Waals surface area contributed by atoms with Crippen LogP contribution in [0, 0.1) is 5.82 Å². The molecule has 3 rings (SSSR count). The van der Waals surface area contributed by atoms with Crippen molar-refractivity contribution < 1.29 is 17.6 Å². The van der Waals surface area contributed by atoms with E-state index in [2.05, 4.69) is 15.3 Å². The number of alkyl halides is 3. The van der Waals surface area contributed by atoms with Crippen molar-refractivity contribution in [2.45, 2.75) is 16.1 Å². The van der Waals surface area contributed by atoms with Crippen molar-refractivity contribution in [1.82, 2.24) is 19.8 Å². The van der Waals surface area contributed by atoms with Crippen molar-refractivity contribution in [3.63, 3.8) is 0 Å². The Labute approximate surface area is 119 Å². The Morgan fingerprint density at radius 3 is 2.33 bits per heavy atom. The van der Waals surface area contributed by atoms with Crippen LogP contribution < -0.4 is 0 Å². The second-order valence-electron chi connectivity index (χ2n) is 4.02. The molecule has 0 bridgehead atoms. The van der Waals surface area contributed by atoms with Crippen molar-refractivity contribution in [2.24, 2.45) is 0 Å². The third-order valence-corrected chi connectivity index (χ3v) is 3.46. The molecule has 0 aliphatic rings. The van der Waals surface area contributed by atoms with Crippen molar-refractivity contribution >= 4 is 17.4 Å². The molecular formula is C12H6F4N4S. The van der Waals surface area contributed by atoms with Gasteiger partial charge in [0, 0.05) is 4.90 Å². The summed E-state index contributed by atoms with van der Waals surface area (Å²) in [4.78, 5) is 0.657. The Hall–Kier alpha value is -2.16. The minimum atomic E-state index is -4.63. The molecule has 108 valence electrons. The van der Waals surface area contributed by atoms with Gasteiger partial charge in [0.25, 0.3) is 5.82 Å². The smallest absolute Gasteiger partial charge is 0.207 e. The van der Waals surface area contributed by atoms with Crippen LogP contribution in [0.25, 0.3) is 5.65 Å². The highest BCUT2D eigenvalue weighted by Gasteiger charge is 2.37. The summed E-state index contributed by atoms with van der Waals surface area (Å²) >= 11 is 1.11. The van der Waals surface area contributed by atoms with Crippen LogP contribution in [-0.2, 0) is 6.18 Å². The third-order valence-electron chi connectivity index (χ3n) is 2.53. The van der Waals surface area contributed by atoms with Crippen molar-refractivity contribution in [3.8, 4) is 0 Å². The van der Waals surface area contributed by atoms with Crippen LogP contribution in [-0.4, -0.2) is 19.8 Å². The molecule has 0 aliphatic heterocycles.